The maximum absolute atomic E-state index is 12.1. The Bertz CT molecular complexity index is 1620. The topological polar surface area (TPSA) is 151 Å². The number of nitrogens with zero attached hydrogens (tertiary/aromatic N) is 4. The number of carbonyl (C=O) groups is 1. The first kappa shape index (κ1) is 27.8. The zero-order chi connectivity index (χ0) is 28.8. The predicted octanol–water partition coefficient (Wildman–Crippen LogP) is 5.89. The first-order valence-corrected chi connectivity index (χ1v) is 12.1. The van der Waals surface area contributed by atoms with Crippen LogP contribution in [0.3, 0.4) is 0 Å². The number of hydrazone groups is 1. The SMILES string of the molecule is Cc1cc(/C=N\NC(=O)COc2ccccc2Cl)c(C)n1-c1ccc(Oc2ccc([N+](=O)[O-])cc2[N+](=O)[O-])cc1. The lowest BCUT2D eigenvalue weighted by Crippen LogP contribution is -2.24. The van der Waals surface area contributed by atoms with Crippen molar-refractivity contribution in [1.82, 2.24) is 9.99 Å². The van der Waals surface area contributed by atoms with Gasteiger partial charge >= 0.3 is 5.69 Å². The van der Waals surface area contributed by atoms with Gasteiger partial charge in [-0.2, -0.15) is 5.10 Å². The van der Waals surface area contributed by atoms with Crippen molar-refractivity contribution in [3.8, 4) is 22.9 Å². The summed E-state index contributed by atoms with van der Waals surface area (Å²) in [6.45, 7) is 3.55. The number of amides is 1. The second kappa shape index (κ2) is 12.1. The van der Waals surface area contributed by atoms with Crippen LogP contribution in [-0.2, 0) is 4.79 Å². The van der Waals surface area contributed by atoms with Gasteiger partial charge in [-0.3, -0.25) is 25.0 Å². The molecule has 1 aromatic heterocycles. The van der Waals surface area contributed by atoms with Crippen LogP contribution in [0.5, 0.6) is 17.2 Å². The Balaban J connectivity index is 1.43. The molecule has 1 amide bonds. The number of aromatic nitrogens is 1. The van der Waals surface area contributed by atoms with E-state index in [1.807, 2.05) is 24.5 Å². The van der Waals surface area contributed by atoms with E-state index in [1.54, 1.807) is 48.5 Å². The van der Waals surface area contributed by atoms with Gasteiger partial charge in [-0.25, -0.2) is 5.43 Å². The van der Waals surface area contributed by atoms with Crippen molar-refractivity contribution in [3.05, 3.63) is 115 Å². The van der Waals surface area contributed by atoms with Gasteiger partial charge in [0, 0.05) is 28.7 Å². The molecule has 0 saturated heterocycles. The third-order valence-electron chi connectivity index (χ3n) is 5.73. The molecule has 4 rings (SSSR count). The van der Waals surface area contributed by atoms with Gasteiger partial charge in [0.1, 0.15) is 11.5 Å². The van der Waals surface area contributed by atoms with E-state index in [0.29, 0.717) is 16.5 Å². The minimum absolute atomic E-state index is 0.116. The number of non-ortho nitro benzene ring substituents is 1. The largest absolute Gasteiger partial charge is 0.482 e. The van der Waals surface area contributed by atoms with Crippen LogP contribution in [0.25, 0.3) is 5.69 Å². The summed E-state index contributed by atoms with van der Waals surface area (Å²) in [6.07, 6.45) is 1.53. The van der Waals surface area contributed by atoms with Crippen molar-refractivity contribution in [2.75, 3.05) is 6.61 Å². The molecule has 0 aliphatic heterocycles. The molecule has 204 valence electrons. The summed E-state index contributed by atoms with van der Waals surface area (Å²) in [5.41, 5.74) is 4.81. The van der Waals surface area contributed by atoms with Crippen LogP contribution in [0.2, 0.25) is 5.02 Å². The fourth-order valence-electron chi connectivity index (χ4n) is 3.87. The highest BCUT2D eigenvalue weighted by atomic mass is 35.5. The van der Waals surface area contributed by atoms with Crippen LogP contribution < -0.4 is 14.9 Å². The van der Waals surface area contributed by atoms with Gasteiger partial charge in [-0.1, -0.05) is 23.7 Å². The molecule has 12 nitrogen and oxygen atoms in total. The quantitative estimate of drug-likeness (QED) is 0.143. The summed E-state index contributed by atoms with van der Waals surface area (Å²) in [6, 6.07) is 18.7. The minimum atomic E-state index is -0.735. The third-order valence-corrected chi connectivity index (χ3v) is 6.04. The van der Waals surface area contributed by atoms with Crippen molar-refractivity contribution in [2.24, 2.45) is 5.10 Å². The van der Waals surface area contributed by atoms with Crippen LogP contribution in [0, 0.1) is 34.1 Å². The molecule has 3 aromatic carbocycles. The van der Waals surface area contributed by atoms with E-state index in [0.717, 1.165) is 34.8 Å². The zero-order valence-corrected chi connectivity index (χ0v) is 22.0. The lowest BCUT2D eigenvalue weighted by molar-refractivity contribution is -0.394. The number of benzene rings is 3. The molecule has 0 radical (unpaired) electrons. The summed E-state index contributed by atoms with van der Waals surface area (Å²) in [5, 5.41) is 26.7. The number of ether oxygens (including phenoxy) is 2. The number of nitro groups is 2. The van der Waals surface area contributed by atoms with Gasteiger partial charge in [-0.15, -0.1) is 0 Å². The van der Waals surface area contributed by atoms with Crippen LogP contribution in [0.4, 0.5) is 11.4 Å². The van der Waals surface area contributed by atoms with Crippen molar-refractivity contribution < 1.29 is 24.1 Å². The Kier molecular flexibility index (Phi) is 8.40. The fourth-order valence-corrected chi connectivity index (χ4v) is 4.06. The highest BCUT2D eigenvalue weighted by Crippen LogP contribution is 2.35. The molecule has 0 fully saturated rings. The molecule has 0 unspecified atom stereocenters. The first-order chi connectivity index (χ1) is 19.1. The molecular weight excluding hydrogens is 542 g/mol. The molecule has 0 spiro atoms. The van der Waals surface area contributed by atoms with Crippen LogP contribution in [0.1, 0.15) is 17.0 Å². The number of hydrogen-bond acceptors (Lipinski definition) is 8. The summed E-state index contributed by atoms with van der Waals surface area (Å²) in [7, 11) is 0. The fraction of sp³-hybridized carbons (Fsp3) is 0.111. The molecule has 0 bridgehead atoms. The first-order valence-electron chi connectivity index (χ1n) is 11.7. The maximum atomic E-state index is 12.1. The number of rotatable bonds is 10. The molecule has 1 heterocycles. The number of halogens is 1. The molecule has 13 heteroatoms. The van der Waals surface area contributed by atoms with Crippen LogP contribution in [0.15, 0.2) is 77.9 Å². The van der Waals surface area contributed by atoms with Crippen LogP contribution in [-0.4, -0.2) is 33.1 Å². The Hall–Kier alpha value is -5.23. The Labute approximate surface area is 232 Å². The Morgan fingerprint density at radius 2 is 1.73 bits per heavy atom. The van der Waals surface area contributed by atoms with Gasteiger partial charge in [0.15, 0.2) is 6.61 Å². The average Bonchev–Trinajstić information content (AvgIpc) is 3.21. The lowest BCUT2D eigenvalue weighted by atomic mass is 10.2. The summed E-state index contributed by atoms with van der Waals surface area (Å²) in [5.74, 6) is 0.143. The number of carbonyl (C=O) groups excluding carboxylic acids is 1. The predicted molar refractivity (Wildman–Crippen MR) is 148 cm³/mol. The summed E-state index contributed by atoms with van der Waals surface area (Å²) >= 11 is 6.01. The van der Waals surface area contributed by atoms with E-state index in [9.17, 15) is 25.0 Å². The van der Waals surface area contributed by atoms with E-state index < -0.39 is 27.1 Å². The third kappa shape index (κ3) is 6.42. The Morgan fingerprint density at radius 1 is 1.00 bits per heavy atom. The molecule has 4 aromatic rings. The molecule has 40 heavy (non-hydrogen) atoms. The molecule has 0 aliphatic rings. The van der Waals surface area contributed by atoms with Crippen molar-refractivity contribution >= 4 is 35.1 Å². The number of hydrogen-bond donors (Lipinski definition) is 1. The van der Waals surface area contributed by atoms with Crippen molar-refractivity contribution in [3.63, 3.8) is 0 Å². The number of nitro benzene ring substituents is 2. The van der Waals surface area contributed by atoms with E-state index >= 15 is 0 Å². The van der Waals surface area contributed by atoms with Crippen molar-refractivity contribution in [1.29, 1.82) is 0 Å². The highest BCUT2D eigenvalue weighted by Gasteiger charge is 2.21. The number of nitrogens with one attached hydrogen (secondary N) is 1. The van der Waals surface area contributed by atoms with Gasteiger partial charge < -0.3 is 14.0 Å². The molecule has 0 saturated carbocycles. The van der Waals surface area contributed by atoms with Gasteiger partial charge in [0.25, 0.3) is 11.6 Å². The highest BCUT2D eigenvalue weighted by molar-refractivity contribution is 6.32. The smallest absolute Gasteiger partial charge is 0.318 e. The zero-order valence-electron chi connectivity index (χ0n) is 21.2. The lowest BCUT2D eigenvalue weighted by Gasteiger charge is -2.11. The average molecular weight is 564 g/mol. The standard InChI is InChI=1S/C27H22ClN5O7/c1-17-13-19(15-29-30-27(34)16-39-25-6-4-3-5-23(25)28)18(2)31(17)20-7-10-22(11-8-20)40-26-12-9-21(32(35)36)14-24(26)33(37)38/h3-15H,16H2,1-2H3,(H,30,34)/b29-15-. The summed E-state index contributed by atoms with van der Waals surface area (Å²) in [4.78, 5) is 33.0. The van der Waals surface area contributed by atoms with Gasteiger partial charge in [0.05, 0.1) is 27.2 Å². The monoisotopic (exact) mass is 563 g/mol. The number of para-hydroxylation sites is 1. The van der Waals surface area contributed by atoms with E-state index in [-0.39, 0.29) is 12.4 Å². The van der Waals surface area contributed by atoms with Gasteiger partial charge in [0.2, 0.25) is 5.75 Å². The Morgan fingerprint density at radius 3 is 2.40 bits per heavy atom. The number of aryl methyl sites for hydroxylation is 1. The minimum Gasteiger partial charge on any atom is -0.482 e. The van der Waals surface area contributed by atoms with E-state index in [2.05, 4.69) is 10.5 Å². The summed E-state index contributed by atoms with van der Waals surface area (Å²) < 4.78 is 13.0. The normalized spacial score (nSPS) is 10.9. The molecule has 0 aliphatic carbocycles. The molecule has 0 atom stereocenters. The second-order valence-electron chi connectivity index (χ2n) is 8.44. The van der Waals surface area contributed by atoms with Crippen molar-refractivity contribution in [2.45, 2.75) is 13.8 Å². The maximum Gasteiger partial charge on any atom is 0.318 e. The van der Waals surface area contributed by atoms with Gasteiger partial charge in [-0.05, 0) is 62.4 Å². The van der Waals surface area contributed by atoms with E-state index in [1.165, 1.54) is 12.3 Å². The molecule has 1 N–H and O–H groups in total. The van der Waals surface area contributed by atoms with E-state index in [4.69, 9.17) is 21.1 Å². The molecular formula is C27H22ClN5O7. The van der Waals surface area contributed by atoms with Crippen LogP contribution >= 0.6 is 11.6 Å². The second-order valence-corrected chi connectivity index (χ2v) is 8.84.